The lowest BCUT2D eigenvalue weighted by atomic mass is 10.1. The van der Waals surface area contributed by atoms with Crippen LogP contribution in [0.5, 0.6) is 0 Å². The number of aromatic nitrogens is 1. The summed E-state index contributed by atoms with van der Waals surface area (Å²) in [6, 6.07) is 5.16. The van der Waals surface area contributed by atoms with E-state index in [1.165, 1.54) is 11.3 Å². The largest absolute Gasteiger partial charge is 0.320 e. The van der Waals surface area contributed by atoms with E-state index < -0.39 is 6.04 Å². The highest BCUT2D eigenvalue weighted by molar-refractivity contribution is 7.14. The minimum Gasteiger partial charge on any atom is -0.320 e. The molecule has 1 aromatic heterocycles. The third-order valence-corrected chi connectivity index (χ3v) is 3.78. The van der Waals surface area contributed by atoms with Crippen LogP contribution in [0, 0.1) is 6.92 Å². The molecule has 0 fully saturated rings. The highest BCUT2D eigenvalue weighted by atomic mass is 35.5. The number of thiazole rings is 1. The monoisotopic (exact) mass is 295 g/mol. The number of amides is 1. The molecule has 0 aliphatic heterocycles. The number of nitrogens with two attached hydrogens (primary N) is 1. The van der Waals surface area contributed by atoms with Gasteiger partial charge in [-0.3, -0.25) is 4.79 Å². The number of nitrogens with one attached hydrogen (secondary N) is 1. The van der Waals surface area contributed by atoms with E-state index in [0.29, 0.717) is 5.13 Å². The first-order chi connectivity index (χ1) is 8.97. The predicted molar refractivity (Wildman–Crippen MR) is 79.6 cm³/mol. The lowest BCUT2D eigenvalue weighted by Gasteiger charge is -2.04. The van der Waals surface area contributed by atoms with Crippen LogP contribution in [-0.2, 0) is 4.79 Å². The second-order valence-corrected chi connectivity index (χ2v) is 5.55. The van der Waals surface area contributed by atoms with Crippen LogP contribution < -0.4 is 11.1 Å². The summed E-state index contributed by atoms with van der Waals surface area (Å²) in [4.78, 5) is 15.8. The molecule has 0 bridgehead atoms. The highest BCUT2D eigenvalue weighted by Gasteiger charge is 2.11. The third-order valence-electron chi connectivity index (χ3n) is 2.60. The second kappa shape index (κ2) is 5.69. The lowest BCUT2D eigenvalue weighted by Crippen LogP contribution is -2.32. The molecule has 2 aromatic rings. The number of rotatable bonds is 3. The fraction of sp³-hybridized carbons (Fsp3) is 0.231. The molecule has 0 saturated carbocycles. The van der Waals surface area contributed by atoms with Gasteiger partial charge in [0.15, 0.2) is 5.13 Å². The summed E-state index contributed by atoms with van der Waals surface area (Å²) in [7, 11) is 0. The quantitative estimate of drug-likeness (QED) is 0.914. The Morgan fingerprint density at radius 3 is 2.89 bits per heavy atom. The van der Waals surface area contributed by atoms with Gasteiger partial charge in [0.1, 0.15) is 0 Å². The van der Waals surface area contributed by atoms with Gasteiger partial charge in [-0.05, 0) is 31.5 Å². The fourth-order valence-corrected chi connectivity index (χ4v) is 2.33. The summed E-state index contributed by atoms with van der Waals surface area (Å²) in [5, 5.41) is 5.84. The van der Waals surface area contributed by atoms with Crippen LogP contribution in [0.3, 0.4) is 0 Å². The Labute approximate surface area is 120 Å². The summed E-state index contributed by atoms with van der Waals surface area (Å²) in [6.45, 7) is 3.57. The maximum Gasteiger partial charge on any atom is 0.242 e. The molecule has 6 heteroatoms. The van der Waals surface area contributed by atoms with Crippen molar-refractivity contribution in [1.29, 1.82) is 0 Å². The number of halogens is 1. The molecule has 4 nitrogen and oxygen atoms in total. The highest BCUT2D eigenvalue weighted by Crippen LogP contribution is 2.27. The van der Waals surface area contributed by atoms with Crippen molar-refractivity contribution in [3.63, 3.8) is 0 Å². The van der Waals surface area contributed by atoms with Crippen molar-refractivity contribution in [3.8, 4) is 11.3 Å². The van der Waals surface area contributed by atoms with Crippen LogP contribution >= 0.6 is 22.9 Å². The van der Waals surface area contributed by atoms with Gasteiger partial charge in [-0.2, -0.15) is 0 Å². The van der Waals surface area contributed by atoms with Crippen LogP contribution in [0.1, 0.15) is 12.5 Å². The van der Waals surface area contributed by atoms with E-state index in [1.807, 2.05) is 30.5 Å². The zero-order valence-electron chi connectivity index (χ0n) is 10.6. The van der Waals surface area contributed by atoms with Gasteiger partial charge in [0.25, 0.3) is 0 Å². The van der Waals surface area contributed by atoms with Gasteiger partial charge in [0.2, 0.25) is 5.91 Å². The van der Waals surface area contributed by atoms with E-state index >= 15 is 0 Å². The van der Waals surface area contributed by atoms with Crippen molar-refractivity contribution >= 4 is 34.0 Å². The van der Waals surface area contributed by atoms with Gasteiger partial charge < -0.3 is 11.1 Å². The van der Waals surface area contributed by atoms with Crippen LogP contribution in [0.2, 0.25) is 5.02 Å². The summed E-state index contributed by atoms with van der Waals surface area (Å²) >= 11 is 7.36. The SMILES string of the molecule is Cc1cc(-c2csc(NC(=O)C(C)N)n2)ccc1Cl. The van der Waals surface area contributed by atoms with E-state index in [4.69, 9.17) is 17.3 Å². The zero-order valence-corrected chi connectivity index (χ0v) is 12.2. The predicted octanol–water partition coefficient (Wildman–Crippen LogP) is 3.06. The number of hydrogen-bond donors (Lipinski definition) is 2. The molecule has 100 valence electrons. The number of carbonyl (C=O) groups excluding carboxylic acids is 1. The fourth-order valence-electron chi connectivity index (χ4n) is 1.49. The normalized spacial score (nSPS) is 12.2. The lowest BCUT2D eigenvalue weighted by molar-refractivity contribution is -0.117. The van der Waals surface area contributed by atoms with Crippen LogP contribution in [-0.4, -0.2) is 16.9 Å². The van der Waals surface area contributed by atoms with Crippen molar-refractivity contribution in [2.24, 2.45) is 5.73 Å². The van der Waals surface area contributed by atoms with Crippen molar-refractivity contribution in [2.45, 2.75) is 19.9 Å². The minimum atomic E-state index is -0.551. The summed E-state index contributed by atoms with van der Waals surface area (Å²) in [5.74, 6) is -0.242. The molecule has 2 rings (SSSR count). The Hall–Kier alpha value is -1.43. The Bertz CT molecular complexity index is 610. The Morgan fingerprint density at radius 2 is 2.26 bits per heavy atom. The Kier molecular flexibility index (Phi) is 4.19. The molecule has 0 radical (unpaired) electrons. The van der Waals surface area contributed by atoms with Crippen molar-refractivity contribution in [3.05, 3.63) is 34.2 Å². The summed E-state index contributed by atoms with van der Waals surface area (Å²) < 4.78 is 0. The molecule has 1 unspecified atom stereocenters. The molecule has 0 aliphatic rings. The van der Waals surface area contributed by atoms with Crippen LogP contribution in [0.15, 0.2) is 23.6 Å². The van der Waals surface area contributed by atoms with Crippen LogP contribution in [0.25, 0.3) is 11.3 Å². The minimum absolute atomic E-state index is 0.242. The molecule has 3 N–H and O–H groups in total. The molecular weight excluding hydrogens is 282 g/mol. The van der Waals surface area contributed by atoms with Gasteiger partial charge in [0, 0.05) is 16.0 Å². The second-order valence-electron chi connectivity index (χ2n) is 4.28. The van der Waals surface area contributed by atoms with Gasteiger partial charge in [-0.25, -0.2) is 4.98 Å². The van der Waals surface area contributed by atoms with Crippen molar-refractivity contribution in [1.82, 2.24) is 4.98 Å². The Balaban J connectivity index is 2.21. The molecule has 1 heterocycles. The topological polar surface area (TPSA) is 68.0 Å². The van der Waals surface area contributed by atoms with E-state index in [1.54, 1.807) is 6.92 Å². The number of nitrogens with zero attached hydrogens (tertiary/aromatic N) is 1. The van der Waals surface area contributed by atoms with E-state index in [9.17, 15) is 4.79 Å². The molecule has 1 amide bonds. The molecule has 1 atom stereocenters. The third kappa shape index (κ3) is 3.32. The van der Waals surface area contributed by atoms with Gasteiger partial charge in [-0.1, -0.05) is 17.7 Å². The number of anilines is 1. The van der Waals surface area contributed by atoms with E-state index in [-0.39, 0.29) is 5.91 Å². The zero-order chi connectivity index (χ0) is 14.0. The Morgan fingerprint density at radius 1 is 1.53 bits per heavy atom. The molecule has 19 heavy (non-hydrogen) atoms. The van der Waals surface area contributed by atoms with Gasteiger partial charge >= 0.3 is 0 Å². The van der Waals surface area contributed by atoms with Crippen molar-refractivity contribution in [2.75, 3.05) is 5.32 Å². The van der Waals surface area contributed by atoms with Crippen molar-refractivity contribution < 1.29 is 4.79 Å². The first-order valence-electron chi connectivity index (χ1n) is 5.76. The molecular formula is C13H14ClN3OS. The molecule has 1 aromatic carbocycles. The average Bonchev–Trinajstić information content (AvgIpc) is 2.81. The maximum absolute atomic E-state index is 11.5. The van der Waals surface area contributed by atoms with Gasteiger partial charge in [0.05, 0.1) is 11.7 Å². The van der Waals surface area contributed by atoms with Gasteiger partial charge in [-0.15, -0.1) is 11.3 Å². The first-order valence-corrected chi connectivity index (χ1v) is 7.01. The first kappa shape index (κ1) is 14.0. The number of hydrogen-bond acceptors (Lipinski definition) is 4. The van der Waals surface area contributed by atoms with E-state index in [2.05, 4.69) is 10.3 Å². The summed E-state index contributed by atoms with van der Waals surface area (Å²) in [5.41, 5.74) is 8.26. The number of aryl methyl sites for hydroxylation is 1. The standard InChI is InChI=1S/C13H14ClN3OS/c1-7-5-9(3-4-10(7)14)11-6-19-13(16-11)17-12(18)8(2)15/h3-6,8H,15H2,1-2H3,(H,16,17,18). The maximum atomic E-state index is 11.5. The smallest absolute Gasteiger partial charge is 0.242 e. The van der Waals surface area contributed by atoms with E-state index in [0.717, 1.165) is 21.8 Å². The number of carbonyl (C=O) groups is 1. The van der Waals surface area contributed by atoms with Crippen LogP contribution in [0.4, 0.5) is 5.13 Å². The summed E-state index contributed by atoms with van der Waals surface area (Å²) in [6.07, 6.45) is 0. The molecule has 0 spiro atoms. The molecule has 0 aliphatic carbocycles. The average molecular weight is 296 g/mol. The molecule has 0 saturated heterocycles. The number of benzene rings is 1.